The quantitative estimate of drug-likeness (QED) is 0.495. The van der Waals surface area contributed by atoms with Gasteiger partial charge in [0, 0.05) is 50.9 Å². The van der Waals surface area contributed by atoms with Gasteiger partial charge in [0.25, 0.3) is 0 Å². The van der Waals surface area contributed by atoms with Gasteiger partial charge >= 0.3 is 0 Å². The van der Waals surface area contributed by atoms with Crippen LogP contribution in [-0.4, -0.2) is 57.8 Å². The molecule has 2 aliphatic rings. The van der Waals surface area contributed by atoms with Crippen molar-refractivity contribution in [1.29, 1.82) is 0 Å². The normalized spacial score (nSPS) is 17.3. The van der Waals surface area contributed by atoms with Crippen LogP contribution in [0.3, 0.4) is 0 Å². The van der Waals surface area contributed by atoms with Gasteiger partial charge in [-0.2, -0.15) is 0 Å². The first-order valence-electron chi connectivity index (χ1n) is 9.63. The van der Waals surface area contributed by atoms with Gasteiger partial charge in [0.05, 0.1) is 14.2 Å². The van der Waals surface area contributed by atoms with E-state index in [0.29, 0.717) is 6.54 Å². The molecule has 3 rings (SSSR count). The smallest absolute Gasteiger partial charge is 0.191 e. The maximum atomic E-state index is 5.46. The fourth-order valence-corrected chi connectivity index (χ4v) is 3.21. The summed E-state index contributed by atoms with van der Waals surface area (Å²) in [6.45, 7) is 3.94. The first-order valence-corrected chi connectivity index (χ1v) is 9.63. The molecule has 0 atom stereocenters. The van der Waals surface area contributed by atoms with Crippen molar-refractivity contribution in [1.82, 2.24) is 15.5 Å². The lowest BCUT2D eigenvalue weighted by molar-refractivity contribution is 0.256. The zero-order valence-electron chi connectivity index (χ0n) is 16.3. The summed E-state index contributed by atoms with van der Waals surface area (Å²) in [5, 5.41) is 6.81. The highest BCUT2D eigenvalue weighted by Crippen LogP contribution is 2.34. The van der Waals surface area contributed by atoms with Crippen LogP contribution in [0, 0.1) is 5.92 Å². The van der Waals surface area contributed by atoms with Gasteiger partial charge in [-0.3, -0.25) is 9.89 Å². The standard InChI is InChI=1S/C20H32N4O2/c1-21-20(22-10-11-24(17-7-8-17)14-15-4-5-15)23-13-16-6-9-18(25-2)12-19(16)26-3/h6,9,12,15,17H,4-5,7-8,10-11,13-14H2,1-3H3,(H2,21,22,23). The van der Waals surface area contributed by atoms with Crippen molar-refractivity contribution < 1.29 is 9.47 Å². The van der Waals surface area contributed by atoms with E-state index in [0.717, 1.165) is 48.1 Å². The van der Waals surface area contributed by atoms with Gasteiger partial charge in [-0.25, -0.2) is 0 Å². The fraction of sp³-hybridized carbons (Fsp3) is 0.650. The van der Waals surface area contributed by atoms with E-state index in [1.807, 2.05) is 25.2 Å². The third-order valence-electron chi connectivity index (χ3n) is 5.11. The third-order valence-corrected chi connectivity index (χ3v) is 5.11. The molecule has 0 heterocycles. The van der Waals surface area contributed by atoms with Crippen LogP contribution in [0.4, 0.5) is 0 Å². The number of rotatable bonds is 10. The number of benzene rings is 1. The summed E-state index contributed by atoms with van der Waals surface area (Å²) in [5.41, 5.74) is 1.07. The van der Waals surface area contributed by atoms with Gasteiger partial charge in [0.2, 0.25) is 0 Å². The summed E-state index contributed by atoms with van der Waals surface area (Å²) in [4.78, 5) is 6.99. The van der Waals surface area contributed by atoms with E-state index in [1.165, 1.54) is 32.2 Å². The highest BCUT2D eigenvalue weighted by Gasteiger charge is 2.33. The largest absolute Gasteiger partial charge is 0.497 e. The van der Waals surface area contributed by atoms with Crippen LogP contribution in [0.25, 0.3) is 0 Å². The van der Waals surface area contributed by atoms with E-state index in [4.69, 9.17) is 9.47 Å². The lowest BCUT2D eigenvalue weighted by Gasteiger charge is -2.22. The molecular weight excluding hydrogens is 328 g/mol. The SMILES string of the molecule is CN=C(NCCN(CC1CC1)C1CC1)NCc1ccc(OC)cc1OC. The molecule has 0 aliphatic heterocycles. The second kappa shape index (κ2) is 9.12. The Morgan fingerprint density at radius 2 is 1.96 bits per heavy atom. The van der Waals surface area contributed by atoms with Gasteiger partial charge in [-0.15, -0.1) is 0 Å². The summed E-state index contributed by atoms with van der Waals surface area (Å²) in [6, 6.07) is 6.69. The number of ether oxygens (including phenoxy) is 2. The summed E-state index contributed by atoms with van der Waals surface area (Å²) < 4.78 is 10.7. The molecule has 2 N–H and O–H groups in total. The molecular formula is C20H32N4O2. The zero-order valence-corrected chi connectivity index (χ0v) is 16.3. The average Bonchev–Trinajstić information content (AvgIpc) is 3.56. The number of hydrogen-bond donors (Lipinski definition) is 2. The van der Waals surface area contributed by atoms with E-state index in [2.05, 4.69) is 20.5 Å². The molecule has 0 amide bonds. The summed E-state index contributed by atoms with van der Waals surface area (Å²) in [7, 11) is 5.15. The Hall–Kier alpha value is -1.95. The first kappa shape index (κ1) is 18.8. The van der Waals surface area contributed by atoms with Crippen LogP contribution >= 0.6 is 0 Å². The minimum atomic E-state index is 0.654. The molecule has 0 saturated heterocycles. The van der Waals surface area contributed by atoms with E-state index in [1.54, 1.807) is 14.2 Å². The predicted molar refractivity (Wildman–Crippen MR) is 105 cm³/mol. The van der Waals surface area contributed by atoms with E-state index < -0.39 is 0 Å². The molecule has 144 valence electrons. The second-order valence-corrected chi connectivity index (χ2v) is 7.20. The summed E-state index contributed by atoms with van der Waals surface area (Å²) >= 11 is 0. The van der Waals surface area contributed by atoms with Gasteiger partial charge < -0.3 is 20.1 Å². The average molecular weight is 361 g/mol. The molecule has 2 saturated carbocycles. The maximum Gasteiger partial charge on any atom is 0.191 e. The van der Waals surface area contributed by atoms with Crippen molar-refractivity contribution in [3.8, 4) is 11.5 Å². The van der Waals surface area contributed by atoms with Crippen LogP contribution < -0.4 is 20.1 Å². The van der Waals surface area contributed by atoms with E-state index >= 15 is 0 Å². The maximum absolute atomic E-state index is 5.46. The second-order valence-electron chi connectivity index (χ2n) is 7.20. The highest BCUT2D eigenvalue weighted by molar-refractivity contribution is 5.79. The van der Waals surface area contributed by atoms with Crippen LogP contribution in [0.5, 0.6) is 11.5 Å². The summed E-state index contributed by atoms with van der Waals surface area (Å²) in [5.74, 6) is 3.39. The Morgan fingerprint density at radius 1 is 1.15 bits per heavy atom. The molecule has 0 spiro atoms. The zero-order chi connectivity index (χ0) is 18.4. The van der Waals surface area contributed by atoms with Gasteiger partial charge in [0.1, 0.15) is 11.5 Å². The summed E-state index contributed by atoms with van der Waals surface area (Å²) in [6.07, 6.45) is 5.58. The third kappa shape index (κ3) is 5.53. The van der Waals surface area contributed by atoms with Crippen LogP contribution in [-0.2, 0) is 6.54 Å². The van der Waals surface area contributed by atoms with E-state index in [9.17, 15) is 0 Å². The van der Waals surface area contributed by atoms with Crippen LogP contribution in [0.1, 0.15) is 31.2 Å². The van der Waals surface area contributed by atoms with Crippen LogP contribution in [0.15, 0.2) is 23.2 Å². The molecule has 0 aromatic heterocycles. The number of nitrogens with zero attached hydrogens (tertiary/aromatic N) is 2. The molecule has 6 nitrogen and oxygen atoms in total. The number of nitrogens with one attached hydrogen (secondary N) is 2. The monoisotopic (exact) mass is 360 g/mol. The molecule has 2 aliphatic carbocycles. The topological polar surface area (TPSA) is 58.1 Å². The van der Waals surface area contributed by atoms with Crippen LogP contribution in [0.2, 0.25) is 0 Å². The van der Waals surface area contributed by atoms with Crippen molar-refractivity contribution in [2.45, 2.75) is 38.3 Å². The molecule has 0 unspecified atom stereocenters. The van der Waals surface area contributed by atoms with Crippen molar-refractivity contribution >= 4 is 5.96 Å². The Labute approximate surface area is 157 Å². The van der Waals surface area contributed by atoms with Gasteiger partial charge in [-0.05, 0) is 43.7 Å². The van der Waals surface area contributed by atoms with Crippen molar-refractivity contribution in [3.63, 3.8) is 0 Å². The molecule has 6 heteroatoms. The van der Waals surface area contributed by atoms with E-state index in [-0.39, 0.29) is 0 Å². The Morgan fingerprint density at radius 3 is 2.58 bits per heavy atom. The highest BCUT2D eigenvalue weighted by atomic mass is 16.5. The molecule has 1 aromatic rings. The fourth-order valence-electron chi connectivity index (χ4n) is 3.21. The predicted octanol–water partition coefficient (Wildman–Crippen LogP) is 2.24. The molecule has 0 bridgehead atoms. The molecule has 2 fully saturated rings. The lowest BCUT2D eigenvalue weighted by atomic mass is 10.2. The van der Waals surface area contributed by atoms with Crippen molar-refractivity contribution in [3.05, 3.63) is 23.8 Å². The van der Waals surface area contributed by atoms with Crippen molar-refractivity contribution in [2.75, 3.05) is 40.9 Å². The minimum Gasteiger partial charge on any atom is -0.497 e. The molecule has 26 heavy (non-hydrogen) atoms. The Balaban J connectivity index is 1.44. The van der Waals surface area contributed by atoms with Gasteiger partial charge in [-0.1, -0.05) is 0 Å². The number of guanidine groups is 1. The number of hydrogen-bond acceptors (Lipinski definition) is 4. The first-order chi connectivity index (χ1) is 12.7. The number of aliphatic imine (C=N–C) groups is 1. The van der Waals surface area contributed by atoms with Gasteiger partial charge in [0.15, 0.2) is 5.96 Å². The Kier molecular flexibility index (Phi) is 6.61. The van der Waals surface area contributed by atoms with Crippen molar-refractivity contribution in [2.24, 2.45) is 10.9 Å². The minimum absolute atomic E-state index is 0.654. The molecule has 1 aromatic carbocycles. The Bertz CT molecular complexity index is 612. The number of methoxy groups -OCH3 is 2. The molecule has 0 radical (unpaired) electrons. The lowest BCUT2D eigenvalue weighted by Crippen LogP contribution is -2.42.